The van der Waals surface area contributed by atoms with Crippen molar-refractivity contribution in [3.05, 3.63) is 34.3 Å². The Morgan fingerprint density at radius 2 is 1.89 bits per heavy atom. The van der Waals surface area contributed by atoms with Gasteiger partial charge in [0, 0.05) is 23.1 Å². The van der Waals surface area contributed by atoms with Crippen LogP contribution in [0, 0.1) is 0 Å². The lowest BCUT2D eigenvalue weighted by atomic mass is 10.2. The van der Waals surface area contributed by atoms with E-state index in [1.54, 1.807) is 23.1 Å². The zero-order valence-corrected chi connectivity index (χ0v) is 11.4. The van der Waals surface area contributed by atoms with Gasteiger partial charge in [-0.05, 0) is 31.0 Å². The van der Waals surface area contributed by atoms with Crippen LogP contribution in [0.4, 0.5) is 4.79 Å². The Morgan fingerprint density at radius 3 is 2.56 bits per heavy atom. The van der Waals surface area contributed by atoms with Crippen LogP contribution in [-0.2, 0) is 0 Å². The summed E-state index contributed by atoms with van der Waals surface area (Å²) in [5.41, 5.74) is 5.31. The molecule has 0 spiro atoms. The number of nitrogens with one attached hydrogen (secondary N) is 2. The van der Waals surface area contributed by atoms with Crippen molar-refractivity contribution in [2.75, 3.05) is 13.1 Å². The van der Waals surface area contributed by atoms with Crippen LogP contribution in [0.3, 0.4) is 0 Å². The van der Waals surface area contributed by atoms with Gasteiger partial charge < -0.3 is 4.90 Å². The summed E-state index contributed by atoms with van der Waals surface area (Å²) in [6.07, 6.45) is 2.04. The minimum atomic E-state index is -0.330. The molecule has 0 saturated carbocycles. The van der Waals surface area contributed by atoms with Gasteiger partial charge in [-0.1, -0.05) is 22.0 Å². The summed E-state index contributed by atoms with van der Waals surface area (Å²) in [7, 11) is 0. The highest BCUT2D eigenvalue weighted by molar-refractivity contribution is 9.10. The Hall–Kier alpha value is -1.56. The number of hydrogen-bond acceptors (Lipinski definition) is 2. The molecule has 1 aliphatic heterocycles. The molecule has 1 heterocycles. The molecule has 2 N–H and O–H groups in total. The SMILES string of the molecule is O=C(NNC(=O)N1CCCC1)c1cccc(Br)c1. The highest BCUT2D eigenvalue weighted by atomic mass is 79.9. The van der Waals surface area contributed by atoms with E-state index >= 15 is 0 Å². The predicted octanol–water partition coefficient (Wildman–Crippen LogP) is 1.90. The first-order valence-electron chi connectivity index (χ1n) is 5.77. The number of amides is 3. The zero-order chi connectivity index (χ0) is 13.0. The number of halogens is 1. The van der Waals surface area contributed by atoms with Gasteiger partial charge >= 0.3 is 6.03 Å². The lowest BCUT2D eigenvalue weighted by Gasteiger charge is -2.16. The quantitative estimate of drug-likeness (QED) is 0.778. The topological polar surface area (TPSA) is 61.4 Å². The molecule has 0 aromatic heterocycles. The van der Waals surface area contributed by atoms with Gasteiger partial charge in [0.25, 0.3) is 5.91 Å². The van der Waals surface area contributed by atoms with Crippen LogP contribution < -0.4 is 10.9 Å². The minimum Gasteiger partial charge on any atom is -0.323 e. The van der Waals surface area contributed by atoms with E-state index in [2.05, 4.69) is 26.8 Å². The van der Waals surface area contributed by atoms with Crippen molar-refractivity contribution in [2.24, 2.45) is 0 Å². The molecule has 6 heteroatoms. The van der Waals surface area contributed by atoms with Crippen LogP contribution >= 0.6 is 15.9 Å². The fourth-order valence-electron chi connectivity index (χ4n) is 1.81. The summed E-state index contributed by atoms with van der Waals surface area (Å²) in [6, 6.07) is 6.72. The predicted molar refractivity (Wildman–Crippen MR) is 70.9 cm³/mol. The van der Waals surface area contributed by atoms with Gasteiger partial charge in [0.1, 0.15) is 0 Å². The van der Waals surface area contributed by atoms with Crippen molar-refractivity contribution in [1.82, 2.24) is 15.8 Å². The number of benzene rings is 1. The third kappa shape index (κ3) is 3.22. The fourth-order valence-corrected chi connectivity index (χ4v) is 2.21. The van der Waals surface area contributed by atoms with Crippen molar-refractivity contribution in [3.63, 3.8) is 0 Å². The van der Waals surface area contributed by atoms with Gasteiger partial charge in [0.15, 0.2) is 0 Å². The summed E-state index contributed by atoms with van der Waals surface area (Å²) in [5, 5.41) is 0. The molecule has 0 unspecified atom stereocenters. The van der Waals surface area contributed by atoms with E-state index < -0.39 is 0 Å². The van der Waals surface area contributed by atoms with Gasteiger partial charge in [0.2, 0.25) is 0 Å². The first-order chi connectivity index (χ1) is 8.66. The van der Waals surface area contributed by atoms with Crippen LogP contribution in [0.15, 0.2) is 28.7 Å². The Kier molecular flexibility index (Phi) is 4.19. The monoisotopic (exact) mass is 311 g/mol. The summed E-state index contributed by atoms with van der Waals surface area (Å²) in [5.74, 6) is -0.330. The number of hydrogen-bond donors (Lipinski definition) is 2. The molecule has 0 aliphatic carbocycles. The number of urea groups is 1. The second-order valence-corrected chi connectivity index (χ2v) is 5.00. The lowest BCUT2D eigenvalue weighted by Crippen LogP contribution is -2.47. The Balaban J connectivity index is 1.86. The minimum absolute atomic E-state index is 0.254. The van der Waals surface area contributed by atoms with Crippen molar-refractivity contribution >= 4 is 27.9 Å². The Morgan fingerprint density at radius 1 is 1.17 bits per heavy atom. The van der Waals surface area contributed by atoms with Crippen molar-refractivity contribution in [1.29, 1.82) is 0 Å². The second-order valence-electron chi connectivity index (χ2n) is 4.09. The van der Waals surface area contributed by atoms with E-state index in [0.717, 1.165) is 30.4 Å². The smallest absolute Gasteiger partial charge is 0.323 e. The number of nitrogens with zero attached hydrogens (tertiary/aromatic N) is 1. The van der Waals surface area contributed by atoms with E-state index in [1.165, 1.54) is 0 Å². The molecule has 0 atom stereocenters. The number of carbonyl (C=O) groups is 2. The highest BCUT2D eigenvalue weighted by Crippen LogP contribution is 2.11. The van der Waals surface area contributed by atoms with Gasteiger partial charge in [-0.3, -0.25) is 10.2 Å². The second kappa shape index (κ2) is 5.86. The Labute approximate surface area is 114 Å². The van der Waals surface area contributed by atoms with E-state index in [-0.39, 0.29) is 11.9 Å². The average molecular weight is 312 g/mol. The molecule has 0 bridgehead atoms. The standard InChI is InChI=1S/C12H14BrN3O2/c13-10-5-3-4-9(8-10)11(17)14-15-12(18)16-6-1-2-7-16/h3-5,8H,1-2,6-7H2,(H,14,17)(H,15,18). The molecule has 1 aliphatic rings. The third-order valence-electron chi connectivity index (χ3n) is 2.76. The highest BCUT2D eigenvalue weighted by Gasteiger charge is 2.18. The molecular weight excluding hydrogens is 298 g/mol. The number of hydrazine groups is 1. The maximum Gasteiger partial charge on any atom is 0.336 e. The maximum absolute atomic E-state index is 11.8. The molecule has 96 valence electrons. The lowest BCUT2D eigenvalue weighted by molar-refractivity contribution is 0.0931. The normalized spacial score (nSPS) is 14.4. The molecule has 18 heavy (non-hydrogen) atoms. The van der Waals surface area contributed by atoms with Crippen LogP contribution in [0.1, 0.15) is 23.2 Å². The van der Waals surface area contributed by atoms with E-state index in [4.69, 9.17) is 0 Å². The molecule has 1 saturated heterocycles. The molecule has 3 amide bonds. The molecule has 5 nitrogen and oxygen atoms in total. The zero-order valence-electron chi connectivity index (χ0n) is 9.78. The number of carbonyl (C=O) groups excluding carboxylic acids is 2. The van der Waals surface area contributed by atoms with E-state index in [0.29, 0.717) is 5.56 Å². The van der Waals surface area contributed by atoms with Crippen molar-refractivity contribution in [3.8, 4) is 0 Å². The van der Waals surface area contributed by atoms with Crippen LogP contribution in [-0.4, -0.2) is 29.9 Å². The summed E-state index contributed by atoms with van der Waals surface area (Å²) >= 11 is 3.29. The van der Waals surface area contributed by atoms with Gasteiger partial charge in [-0.25, -0.2) is 10.2 Å². The van der Waals surface area contributed by atoms with Gasteiger partial charge in [-0.2, -0.15) is 0 Å². The summed E-state index contributed by atoms with van der Waals surface area (Å²) in [4.78, 5) is 25.1. The molecule has 0 radical (unpaired) electrons. The number of rotatable bonds is 1. The maximum atomic E-state index is 11.8. The van der Waals surface area contributed by atoms with Gasteiger partial charge in [-0.15, -0.1) is 0 Å². The molecule has 2 rings (SSSR count). The summed E-state index contributed by atoms with van der Waals surface area (Å²) < 4.78 is 0.820. The van der Waals surface area contributed by atoms with Gasteiger partial charge in [0.05, 0.1) is 0 Å². The van der Waals surface area contributed by atoms with E-state index in [1.807, 2.05) is 6.07 Å². The van der Waals surface area contributed by atoms with Crippen molar-refractivity contribution in [2.45, 2.75) is 12.8 Å². The largest absolute Gasteiger partial charge is 0.336 e. The molecular formula is C12H14BrN3O2. The first-order valence-corrected chi connectivity index (χ1v) is 6.57. The first kappa shape index (κ1) is 12.9. The van der Waals surface area contributed by atoms with E-state index in [9.17, 15) is 9.59 Å². The average Bonchev–Trinajstić information content (AvgIpc) is 2.89. The molecule has 1 aromatic rings. The molecule has 1 aromatic carbocycles. The third-order valence-corrected chi connectivity index (χ3v) is 3.26. The molecule has 1 fully saturated rings. The summed E-state index contributed by atoms with van der Waals surface area (Å²) in [6.45, 7) is 1.50. The van der Waals surface area contributed by atoms with Crippen LogP contribution in [0.2, 0.25) is 0 Å². The van der Waals surface area contributed by atoms with Crippen molar-refractivity contribution < 1.29 is 9.59 Å². The van der Waals surface area contributed by atoms with Crippen LogP contribution in [0.25, 0.3) is 0 Å². The van der Waals surface area contributed by atoms with Crippen LogP contribution in [0.5, 0.6) is 0 Å². The number of likely N-dealkylation sites (tertiary alicyclic amines) is 1. The fraction of sp³-hybridized carbons (Fsp3) is 0.333. The Bertz CT molecular complexity index is 458.